The summed E-state index contributed by atoms with van der Waals surface area (Å²) in [7, 11) is 0. The summed E-state index contributed by atoms with van der Waals surface area (Å²) in [6.07, 6.45) is -1.35. The van der Waals surface area contributed by atoms with E-state index in [-0.39, 0.29) is 29.7 Å². The zero-order valence-corrected chi connectivity index (χ0v) is 18.3. The van der Waals surface area contributed by atoms with Crippen LogP contribution in [0.2, 0.25) is 5.02 Å². The highest BCUT2D eigenvalue weighted by Crippen LogP contribution is 2.43. The maximum atomic E-state index is 12.9. The Hall–Kier alpha value is -3.80. The van der Waals surface area contributed by atoms with Crippen LogP contribution in [0.15, 0.2) is 36.8 Å². The maximum absolute atomic E-state index is 12.9. The molecule has 1 amide bonds. The van der Waals surface area contributed by atoms with Crippen molar-refractivity contribution in [1.29, 1.82) is 0 Å². The van der Waals surface area contributed by atoms with E-state index in [1.165, 1.54) is 29.3 Å². The molecule has 9 nitrogen and oxygen atoms in total. The Balaban J connectivity index is 1.65. The van der Waals surface area contributed by atoms with Gasteiger partial charge >= 0.3 is 6.18 Å². The van der Waals surface area contributed by atoms with E-state index in [1.54, 1.807) is 19.1 Å². The quantitative estimate of drug-likeness (QED) is 0.449. The molecular weight excluding hydrogens is 473 g/mol. The Morgan fingerprint density at radius 2 is 2.03 bits per heavy atom. The van der Waals surface area contributed by atoms with E-state index in [2.05, 4.69) is 30.4 Å². The number of carbonyl (C=O) groups excluding carboxylic acids is 1. The van der Waals surface area contributed by atoms with Crippen molar-refractivity contribution >= 4 is 40.0 Å². The molecule has 1 atom stereocenters. The molecule has 34 heavy (non-hydrogen) atoms. The second-order valence-electron chi connectivity index (χ2n) is 7.94. The van der Waals surface area contributed by atoms with Gasteiger partial charge in [-0.1, -0.05) is 11.6 Å². The normalized spacial score (nSPS) is 17.7. The second-order valence-corrected chi connectivity index (χ2v) is 8.37. The highest BCUT2D eigenvalue weighted by molar-refractivity contribution is 6.31. The van der Waals surface area contributed by atoms with Crippen LogP contribution in [-0.2, 0) is 16.6 Å². The molecule has 174 valence electrons. The summed E-state index contributed by atoms with van der Waals surface area (Å²) in [5, 5.41) is 7.81. The van der Waals surface area contributed by atoms with Crippen LogP contribution in [0.1, 0.15) is 30.3 Å². The van der Waals surface area contributed by atoms with E-state index >= 15 is 0 Å². The Morgan fingerprint density at radius 1 is 1.24 bits per heavy atom. The predicted molar refractivity (Wildman–Crippen MR) is 118 cm³/mol. The molecule has 0 saturated carbocycles. The smallest absolute Gasteiger partial charge is 0.383 e. The van der Waals surface area contributed by atoms with Gasteiger partial charge in [0.1, 0.15) is 17.1 Å². The van der Waals surface area contributed by atoms with E-state index < -0.39 is 23.9 Å². The lowest BCUT2D eigenvalue weighted by molar-refractivity contribution is -0.134. The molecule has 0 saturated heterocycles. The third-order valence-corrected chi connectivity index (χ3v) is 5.97. The molecule has 5 rings (SSSR count). The summed E-state index contributed by atoms with van der Waals surface area (Å²) in [5.74, 6) is -0.259. The summed E-state index contributed by atoms with van der Waals surface area (Å²) >= 11 is 6.07. The molecule has 3 aromatic heterocycles. The van der Waals surface area contributed by atoms with Crippen molar-refractivity contribution in [2.24, 2.45) is 0 Å². The number of amides is 1. The number of aromatic nitrogens is 6. The minimum absolute atomic E-state index is 0.000887. The van der Waals surface area contributed by atoms with Crippen molar-refractivity contribution in [3.8, 4) is 5.95 Å². The van der Waals surface area contributed by atoms with Crippen LogP contribution in [0.5, 0.6) is 0 Å². The van der Waals surface area contributed by atoms with Gasteiger partial charge in [0.25, 0.3) is 5.95 Å². The number of anilines is 2. The number of benzene rings is 1. The zero-order chi connectivity index (χ0) is 24.3. The van der Waals surface area contributed by atoms with Crippen LogP contribution >= 0.6 is 11.6 Å². The van der Waals surface area contributed by atoms with Crippen LogP contribution < -0.4 is 11.1 Å². The maximum Gasteiger partial charge on any atom is 0.389 e. The van der Waals surface area contributed by atoms with E-state index in [0.29, 0.717) is 27.2 Å². The summed E-state index contributed by atoms with van der Waals surface area (Å²) in [6, 6.07) is 4.73. The molecule has 0 radical (unpaired) electrons. The van der Waals surface area contributed by atoms with E-state index in [4.69, 9.17) is 17.3 Å². The number of rotatable bonds is 4. The molecule has 0 spiro atoms. The molecule has 1 unspecified atom stereocenters. The molecule has 3 N–H and O–H groups in total. The van der Waals surface area contributed by atoms with E-state index in [9.17, 15) is 18.0 Å². The van der Waals surface area contributed by atoms with E-state index in [0.717, 1.165) is 0 Å². The Labute approximate surface area is 195 Å². The molecule has 1 aliphatic heterocycles. The first-order valence-electron chi connectivity index (χ1n) is 10.1. The van der Waals surface area contributed by atoms with Crippen LogP contribution in [0, 0.1) is 0 Å². The highest BCUT2D eigenvalue weighted by atomic mass is 35.5. The number of nitrogen functional groups attached to an aromatic ring is 1. The summed E-state index contributed by atoms with van der Waals surface area (Å²) in [4.78, 5) is 30.0. The van der Waals surface area contributed by atoms with Crippen molar-refractivity contribution in [2.45, 2.75) is 31.4 Å². The van der Waals surface area contributed by atoms with Crippen LogP contribution in [0.25, 0.3) is 16.9 Å². The number of nitrogens with two attached hydrogens (primary N) is 1. The first-order valence-corrected chi connectivity index (χ1v) is 10.5. The monoisotopic (exact) mass is 488 g/mol. The Bertz CT molecular complexity index is 1440. The number of aryl methyl sites for hydroxylation is 1. The number of alkyl halides is 3. The SMILES string of the molecule is CC1(c2cnccn2)C(=O)Nc2nc(-n3nc(CCC(F)(F)F)c4cc(Cl)ccc43)nc(N)c21. The highest BCUT2D eigenvalue weighted by Gasteiger charge is 2.49. The number of fused-ring (bicyclic) bond motifs is 2. The van der Waals surface area contributed by atoms with Gasteiger partial charge in [0.05, 0.1) is 22.5 Å². The molecule has 0 aliphatic carbocycles. The second kappa shape index (κ2) is 7.62. The molecule has 0 fully saturated rings. The lowest BCUT2D eigenvalue weighted by Gasteiger charge is -2.21. The molecule has 0 bridgehead atoms. The average molecular weight is 489 g/mol. The van der Waals surface area contributed by atoms with Gasteiger partial charge in [-0.2, -0.15) is 32.9 Å². The fourth-order valence-electron chi connectivity index (χ4n) is 4.04. The van der Waals surface area contributed by atoms with Gasteiger partial charge in [-0.3, -0.25) is 14.8 Å². The van der Waals surface area contributed by atoms with Gasteiger partial charge in [0.15, 0.2) is 0 Å². The number of hydrogen-bond acceptors (Lipinski definition) is 7. The largest absolute Gasteiger partial charge is 0.389 e. The number of nitrogens with one attached hydrogen (secondary N) is 1. The lowest BCUT2D eigenvalue weighted by Crippen LogP contribution is -2.34. The molecule has 4 heterocycles. The van der Waals surface area contributed by atoms with E-state index in [1.807, 2.05) is 0 Å². The van der Waals surface area contributed by atoms with Gasteiger partial charge < -0.3 is 11.1 Å². The summed E-state index contributed by atoms with van der Waals surface area (Å²) in [5.41, 5.74) is 6.33. The van der Waals surface area contributed by atoms with Crippen molar-refractivity contribution in [3.63, 3.8) is 0 Å². The minimum Gasteiger partial charge on any atom is -0.383 e. The number of hydrogen-bond donors (Lipinski definition) is 2. The Morgan fingerprint density at radius 3 is 2.74 bits per heavy atom. The average Bonchev–Trinajstić information content (AvgIpc) is 3.27. The number of halogens is 4. The van der Waals surface area contributed by atoms with Gasteiger partial charge in [-0.05, 0) is 25.1 Å². The standard InChI is InChI=1S/C21H16ClF3N8O/c1-20(14-9-27-6-7-28-14)15-16(26)29-19(31-17(15)30-18(20)34)33-13-3-2-10(22)8-11(13)12(32-33)4-5-21(23,24)25/h2-3,6-9H,4-5H2,1H3,(H3,26,29,30,31,34). The van der Waals surface area contributed by atoms with Crippen molar-refractivity contribution in [2.75, 3.05) is 11.1 Å². The van der Waals surface area contributed by atoms with Crippen molar-refractivity contribution in [3.05, 3.63) is 58.8 Å². The van der Waals surface area contributed by atoms with Gasteiger partial charge in [-0.25, -0.2) is 0 Å². The molecule has 13 heteroatoms. The topological polar surface area (TPSA) is 125 Å². The third-order valence-electron chi connectivity index (χ3n) is 5.74. The fourth-order valence-corrected chi connectivity index (χ4v) is 4.21. The fraction of sp³-hybridized carbons (Fsp3) is 0.238. The summed E-state index contributed by atoms with van der Waals surface area (Å²) in [6.45, 7) is 1.64. The molecular formula is C21H16ClF3N8O. The third kappa shape index (κ3) is 3.50. The molecule has 1 aromatic carbocycles. The predicted octanol–water partition coefficient (Wildman–Crippen LogP) is 3.59. The van der Waals surface area contributed by atoms with Gasteiger partial charge in [0.2, 0.25) is 5.91 Å². The molecule has 4 aromatic rings. The lowest BCUT2D eigenvalue weighted by atomic mass is 9.81. The van der Waals surface area contributed by atoms with Gasteiger partial charge in [-0.15, -0.1) is 0 Å². The number of nitrogens with zero attached hydrogens (tertiary/aromatic N) is 6. The van der Waals surface area contributed by atoms with Crippen molar-refractivity contribution in [1.82, 2.24) is 29.7 Å². The van der Waals surface area contributed by atoms with Crippen LogP contribution in [0.3, 0.4) is 0 Å². The van der Waals surface area contributed by atoms with Crippen molar-refractivity contribution < 1.29 is 18.0 Å². The van der Waals surface area contributed by atoms with Gasteiger partial charge in [0, 0.05) is 41.8 Å². The number of carbonyl (C=O) groups is 1. The minimum atomic E-state index is -4.35. The zero-order valence-electron chi connectivity index (χ0n) is 17.6. The van der Waals surface area contributed by atoms with Crippen LogP contribution in [-0.4, -0.2) is 41.8 Å². The first-order chi connectivity index (χ1) is 16.1. The molecule has 1 aliphatic rings. The van der Waals surface area contributed by atoms with Crippen LogP contribution in [0.4, 0.5) is 24.8 Å². The summed E-state index contributed by atoms with van der Waals surface area (Å²) < 4.78 is 39.8. The Kier molecular flexibility index (Phi) is 4.93. The first kappa shape index (κ1) is 22.0.